The monoisotopic (exact) mass is 358 g/mol. The highest BCUT2D eigenvalue weighted by Gasteiger charge is 2.24. The van der Waals surface area contributed by atoms with Crippen molar-refractivity contribution in [3.8, 4) is 17.2 Å². The smallest absolute Gasteiger partial charge is 0.347 e. The molecule has 0 aliphatic carbocycles. The van der Waals surface area contributed by atoms with Gasteiger partial charge in [0.05, 0.1) is 0 Å². The average Bonchev–Trinajstić information content (AvgIpc) is 2.57. The minimum absolute atomic E-state index is 0.0194. The quantitative estimate of drug-likeness (QED) is 0.353. The fraction of sp³-hybridized carbons (Fsp3) is 0.381. The third-order valence-corrected chi connectivity index (χ3v) is 5.16. The second kappa shape index (κ2) is 7.38. The van der Waals surface area contributed by atoms with Crippen molar-refractivity contribution in [3.63, 3.8) is 0 Å². The molecule has 0 atom stereocenters. The average molecular weight is 358 g/mol. The summed E-state index contributed by atoms with van der Waals surface area (Å²) in [5, 5.41) is 19.7. The zero-order valence-electron chi connectivity index (χ0n) is 16.4. The molecule has 0 spiro atoms. The van der Waals surface area contributed by atoms with Crippen molar-refractivity contribution >= 4 is 5.97 Å². The molecule has 0 aliphatic heterocycles. The highest BCUT2D eigenvalue weighted by molar-refractivity contribution is 5.96. The topological polar surface area (TPSA) is 76.0 Å². The molecule has 2 aromatic carbocycles. The van der Waals surface area contributed by atoms with Crippen LogP contribution in [0.1, 0.15) is 56.2 Å². The van der Waals surface area contributed by atoms with Gasteiger partial charge in [0, 0.05) is 11.1 Å². The van der Waals surface area contributed by atoms with Gasteiger partial charge in [0.2, 0.25) is 0 Å². The Labute approximate surface area is 154 Å². The number of carbonyl (C=O) groups is 1. The molecule has 2 aromatic rings. The first kappa shape index (κ1) is 19.8. The molecule has 0 amide bonds. The third-order valence-electron chi connectivity index (χ3n) is 5.16. The molecule has 0 aromatic heterocycles. The Bertz CT molecular complexity index is 852. The second-order valence-corrected chi connectivity index (χ2v) is 6.71. The molecular weight excluding hydrogens is 332 g/mol. The van der Waals surface area contributed by atoms with Crippen LogP contribution >= 0.6 is 0 Å². The first-order chi connectivity index (χ1) is 12.1. The number of phenolic OH excluding ortho intramolecular Hbond substituents is 1. The van der Waals surface area contributed by atoms with Gasteiger partial charge in [-0.3, -0.25) is 0 Å². The fourth-order valence-corrected chi connectivity index (χ4v) is 3.39. The van der Waals surface area contributed by atoms with Gasteiger partial charge < -0.3 is 14.7 Å². The lowest BCUT2D eigenvalue weighted by molar-refractivity contribution is -0.138. The molecule has 140 valence electrons. The van der Waals surface area contributed by atoms with Gasteiger partial charge in [0.15, 0.2) is 5.75 Å². The van der Waals surface area contributed by atoms with Crippen LogP contribution in [-0.4, -0.2) is 16.3 Å². The number of aromatic hydroxyl groups is 1. The van der Waals surface area contributed by atoms with Gasteiger partial charge in [0.25, 0.3) is 0 Å². The highest BCUT2D eigenvalue weighted by atomic mass is 17.1. The molecule has 0 unspecified atom stereocenters. The van der Waals surface area contributed by atoms with Crippen molar-refractivity contribution in [1.82, 2.24) is 0 Å². The van der Waals surface area contributed by atoms with Crippen LogP contribution in [0.3, 0.4) is 0 Å². The van der Waals surface area contributed by atoms with E-state index in [0.29, 0.717) is 45.7 Å². The molecule has 0 heterocycles. The summed E-state index contributed by atoms with van der Waals surface area (Å²) in [6.07, 6.45) is 0.622. The standard InChI is InChI=1S/C21H26O5/c1-8-16-10(2)9-11(3)17(18(16)22)21(23)25-19-12(4)14(6)20(26-24)15(7)13(19)5/h9,22,24H,8H2,1-7H3. The van der Waals surface area contributed by atoms with E-state index < -0.39 is 5.97 Å². The Balaban J connectivity index is 2.57. The molecule has 0 fully saturated rings. The van der Waals surface area contributed by atoms with Gasteiger partial charge in [-0.05, 0) is 75.8 Å². The van der Waals surface area contributed by atoms with E-state index in [1.54, 1.807) is 34.6 Å². The largest absolute Gasteiger partial charge is 0.507 e. The first-order valence-electron chi connectivity index (χ1n) is 8.61. The molecule has 5 heteroatoms. The molecule has 0 saturated carbocycles. The van der Waals surface area contributed by atoms with Gasteiger partial charge in [0.1, 0.15) is 17.1 Å². The number of ether oxygens (including phenoxy) is 1. The Morgan fingerprint density at radius 2 is 1.42 bits per heavy atom. The lowest BCUT2D eigenvalue weighted by Gasteiger charge is -2.19. The summed E-state index contributed by atoms with van der Waals surface area (Å²) >= 11 is 0. The zero-order valence-corrected chi connectivity index (χ0v) is 16.4. The summed E-state index contributed by atoms with van der Waals surface area (Å²) in [7, 11) is 0. The van der Waals surface area contributed by atoms with Gasteiger partial charge in [-0.1, -0.05) is 13.0 Å². The summed E-state index contributed by atoms with van der Waals surface area (Å²) < 4.78 is 5.69. The van der Waals surface area contributed by atoms with Crippen LogP contribution in [0.25, 0.3) is 0 Å². The van der Waals surface area contributed by atoms with Gasteiger partial charge in [-0.15, -0.1) is 0 Å². The van der Waals surface area contributed by atoms with E-state index in [1.807, 2.05) is 19.9 Å². The van der Waals surface area contributed by atoms with Crippen LogP contribution < -0.4 is 9.62 Å². The van der Waals surface area contributed by atoms with Crippen molar-refractivity contribution in [3.05, 3.63) is 50.6 Å². The third kappa shape index (κ3) is 3.15. The summed E-state index contributed by atoms with van der Waals surface area (Å²) in [5.41, 5.74) is 5.33. The molecule has 0 bridgehead atoms. The Hall–Kier alpha value is -2.53. The number of rotatable bonds is 4. The summed E-state index contributed by atoms with van der Waals surface area (Å²) in [5.74, 6) is 0.164. The minimum Gasteiger partial charge on any atom is -0.507 e. The minimum atomic E-state index is -0.600. The number of hydrogen-bond acceptors (Lipinski definition) is 5. The summed E-state index contributed by atoms with van der Waals surface area (Å²) in [4.78, 5) is 17.3. The molecule has 2 rings (SSSR count). The predicted molar refractivity (Wildman–Crippen MR) is 101 cm³/mol. The summed E-state index contributed by atoms with van der Waals surface area (Å²) in [6.45, 7) is 12.8. The molecule has 5 nitrogen and oxygen atoms in total. The number of carbonyl (C=O) groups excluding carboxylic acids is 1. The van der Waals surface area contributed by atoms with Gasteiger partial charge in [-0.2, -0.15) is 0 Å². The molecular formula is C21H26O5. The number of hydrogen-bond donors (Lipinski definition) is 2. The van der Waals surface area contributed by atoms with Gasteiger partial charge in [-0.25, -0.2) is 10.1 Å². The molecule has 2 N–H and O–H groups in total. The molecule has 26 heavy (non-hydrogen) atoms. The van der Waals surface area contributed by atoms with Crippen molar-refractivity contribution in [2.45, 2.75) is 54.9 Å². The van der Waals surface area contributed by atoms with Crippen molar-refractivity contribution in [2.24, 2.45) is 0 Å². The van der Waals surface area contributed by atoms with Crippen LogP contribution in [0.5, 0.6) is 17.2 Å². The lowest BCUT2D eigenvalue weighted by atomic mass is 9.96. The zero-order chi connectivity index (χ0) is 19.8. The van der Waals surface area contributed by atoms with E-state index in [2.05, 4.69) is 4.89 Å². The molecule has 0 radical (unpaired) electrons. The van der Waals surface area contributed by atoms with Crippen LogP contribution in [0.4, 0.5) is 0 Å². The SMILES string of the molecule is CCc1c(C)cc(C)c(C(=O)Oc2c(C)c(C)c(OO)c(C)c2C)c1O. The van der Waals surface area contributed by atoms with E-state index in [4.69, 9.17) is 9.99 Å². The van der Waals surface area contributed by atoms with E-state index in [9.17, 15) is 9.90 Å². The number of benzene rings is 2. The maximum atomic E-state index is 12.9. The van der Waals surface area contributed by atoms with Crippen LogP contribution in [-0.2, 0) is 6.42 Å². The van der Waals surface area contributed by atoms with Crippen LogP contribution in [0, 0.1) is 41.5 Å². The number of aryl methyl sites for hydroxylation is 2. The Morgan fingerprint density at radius 1 is 0.923 bits per heavy atom. The van der Waals surface area contributed by atoms with E-state index in [0.717, 1.165) is 11.1 Å². The highest BCUT2D eigenvalue weighted by Crippen LogP contribution is 2.38. The van der Waals surface area contributed by atoms with E-state index >= 15 is 0 Å². The maximum absolute atomic E-state index is 12.9. The molecule has 0 aliphatic rings. The van der Waals surface area contributed by atoms with Crippen LogP contribution in [0.2, 0.25) is 0 Å². The van der Waals surface area contributed by atoms with E-state index in [-0.39, 0.29) is 11.3 Å². The fourth-order valence-electron chi connectivity index (χ4n) is 3.39. The molecule has 0 saturated heterocycles. The van der Waals surface area contributed by atoms with Crippen molar-refractivity contribution in [1.29, 1.82) is 0 Å². The lowest BCUT2D eigenvalue weighted by Crippen LogP contribution is -2.14. The number of esters is 1. The van der Waals surface area contributed by atoms with Gasteiger partial charge >= 0.3 is 5.97 Å². The van der Waals surface area contributed by atoms with Crippen molar-refractivity contribution < 1.29 is 24.8 Å². The predicted octanol–water partition coefficient (Wildman–Crippen LogP) is 4.88. The van der Waals surface area contributed by atoms with E-state index in [1.165, 1.54) is 0 Å². The van der Waals surface area contributed by atoms with Crippen LogP contribution in [0.15, 0.2) is 6.07 Å². The Morgan fingerprint density at radius 3 is 1.88 bits per heavy atom. The maximum Gasteiger partial charge on any atom is 0.347 e. The number of phenols is 1. The second-order valence-electron chi connectivity index (χ2n) is 6.71. The first-order valence-corrected chi connectivity index (χ1v) is 8.61. The normalized spacial score (nSPS) is 10.8. The summed E-state index contributed by atoms with van der Waals surface area (Å²) in [6, 6.07) is 1.88. The Kier molecular flexibility index (Phi) is 5.62. The van der Waals surface area contributed by atoms with Crippen molar-refractivity contribution in [2.75, 3.05) is 0 Å².